The van der Waals surface area contributed by atoms with Crippen molar-refractivity contribution in [1.82, 2.24) is 5.32 Å². The van der Waals surface area contributed by atoms with Crippen LogP contribution in [0.25, 0.3) is 0 Å². The summed E-state index contributed by atoms with van der Waals surface area (Å²) in [6, 6.07) is 8.99. The van der Waals surface area contributed by atoms with Crippen LogP contribution in [0.3, 0.4) is 0 Å². The molecule has 148 valence electrons. The quantitative estimate of drug-likeness (QED) is 0.490. The Balaban J connectivity index is 1.58. The van der Waals surface area contributed by atoms with Gasteiger partial charge in [-0.05, 0) is 89.7 Å². The van der Waals surface area contributed by atoms with Gasteiger partial charge in [-0.3, -0.25) is 0 Å². The van der Waals surface area contributed by atoms with Gasteiger partial charge in [-0.1, -0.05) is 35.4 Å². The van der Waals surface area contributed by atoms with Crippen LogP contribution >= 0.6 is 0 Å². The first-order valence-corrected chi connectivity index (χ1v) is 10.2. The molecule has 0 aliphatic carbocycles. The van der Waals surface area contributed by atoms with Crippen molar-refractivity contribution in [3.05, 3.63) is 57.6 Å². The third kappa shape index (κ3) is 6.59. The molecule has 0 aromatic heterocycles. The molecule has 2 rings (SSSR count). The lowest BCUT2D eigenvalue weighted by Gasteiger charge is -2.15. The van der Waals surface area contributed by atoms with Gasteiger partial charge >= 0.3 is 0 Å². The maximum Gasteiger partial charge on any atom is 0.0399 e. The van der Waals surface area contributed by atoms with Crippen molar-refractivity contribution in [2.24, 2.45) is 0 Å². The normalized spacial score (nSPS) is 10.9. The van der Waals surface area contributed by atoms with Crippen LogP contribution in [0.15, 0.2) is 24.3 Å². The summed E-state index contributed by atoms with van der Waals surface area (Å²) in [4.78, 5) is 0. The van der Waals surface area contributed by atoms with E-state index in [1.807, 2.05) is 0 Å². The number of hydrogen-bond donors (Lipinski definition) is 3. The number of aryl methyl sites for hydroxylation is 6. The summed E-state index contributed by atoms with van der Waals surface area (Å²) < 4.78 is 0. The Morgan fingerprint density at radius 2 is 0.852 bits per heavy atom. The summed E-state index contributed by atoms with van der Waals surface area (Å²) in [5, 5.41) is 10.7. The lowest BCUT2D eigenvalue weighted by Crippen LogP contribution is -2.21. The minimum Gasteiger partial charge on any atom is -0.385 e. The molecular weight excluding hydrogens is 330 g/mol. The topological polar surface area (TPSA) is 36.1 Å². The van der Waals surface area contributed by atoms with Crippen LogP contribution in [0.4, 0.5) is 11.4 Å². The molecule has 0 bridgehead atoms. The SMILES string of the molecule is Cc1cc(C)c(NCCCNCCCNc2c(C)cc(C)cc2C)c(C)c1. The summed E-state index contributed by atoms with van der Waals surface area (Å²) in [7, 11) is 0. The molecule has 27 heavy (non-hydrogen) atoms. The number of rotatable bonds is 10. The monoisotopic (exact) mass is 367 g/mol. The highest BCUT2D eigenvalue weighted by molar-refractivity contribution is 5.58. The van der Waals surface area contributed by atoms with E-state index in [1.54, 1.807) is 0 Å². The van der Waals surface area contributed by atoms with Crippen molar-refractivity contribution in [2.45, 2.75) is 54.4 Å². The van der Waals surface area contributed by atoms with E-state index in [9.17, 15) is 0 Å². The minimum atomic E-state index is 1.01. The molecule has 0 fully saturated rings. The third-order valence-corrected chi connectivity index (χ3v) is 5.02. The van der Waals surface area contributed by atoms with E-state index < -0.39 is 0 Å². The molecule has 2 aromatic rings. The molecular formula is C24H37N3. The van der Waals surface area contributed by atoms with Crippen molar-refractivity contribution in [3.8, 4) is 0 Å². The fourth-order valence-corrected chi connectivity index (χ4v) is 3.90. The van der Waals surface area contributed by atoms with Crippen molar-refractivity contribution in [2.75, 3.05) is 36.8 Å². The number of nitrogens with one attached hydrogen (secondary N) is 3. The first kappa shape index (κ1) is 21.3. The van der Waals surface area contributed by atoms with Crippen LogP contribution < -0.4 is 16.0 Å². The maximum absolute atomic E-state index is 3.60. The molecule has 3 heteroatoms. The number of hydrogen-bond acceptors (Lipinski definition) is 3. The predicted molar refractivity (Wildman–Crippen MR) is 120 cm³/mol. The van der Waals surface area contributed by atoms with Crippen molar-refractivity contribution in [1.29, 1.82) is 0 Å². The molecule has 0 spiro atoms. The van der Waals surface area contributed by atoms with Gasteiger partial charge in [-0.15, -0.1) is 0 Å². The van der Waals surface area contributed by atoms with E-state index in [1.165, 1.54) is 44.8 Å². The van der Waals surface area contributed by atoms with Gasteiger partial charge in [-0.25, -0.2) is 0 Å². The summed E-state index contributed by atoms with van der Waals surface area (Å²) in [6.45, 7) is 17.2. The molecule has 0 saturated carbocycles. The van der Waals surface area contributed by atoms with Gasteiger partial charge in [0.2, 0.25) is 0 Å². The van der Waals surface area contributed by atoms with E-state index in [-0.39, 0.29) is 0 Å². The fourth-order valence-electron chi connectivity index (χ4n) is 3.90. The summed E-state index contributed by atoms with van der Waals surface area (Å²) in [6.07, 6.45) is 2.27. The predicted octanol–water partition coefficient (Wildman–Crippen LogP) is 5.43. The standard InChI is InChI=1S/C24H37N3/c1-17-13-19(3)23(20(4)14-17)26-11-7-9-25-10-8-12-27-24-21(5)15-18(2)16-22(24)6/h13-16,25-27H,7-12H2,1-6H3. The maximum atomic E-state index is 3.60. The molecule has 0 saturated heterocycles. The Morgan fingerprint density at radius 1 is 0.519 bits per heavy atom. The highest BCUT2D eigenvalue weighted by Crippen LogP contribution is 2.22. The van der Waals surface area contributed by atoms with E-state index >= 15 is 0 Å². The average molecular weight is 368 g/mol. The highest BCUT2D eigenvalue weighted by Gasteiger charge is 2.04. The lowest BCUT2D eigenvalue weighted by atomic mass is 10.1. The first-order chi connectivity index (χ1) is 12.9. The Morgan fingerprint density at radius 3 is 1.19 bits per heavy atom. The van der Waals surface area contributed by atoms with Crippen LogP contribution in [-0.2, 0) is 0 Å². The molecule has 0 atom stereocenters. The Labute approximate surface area is 166 Å². The Hall–Kier alpha value is -2.00. The fraction of sp³-hybridized carbons (Fsp3) is 0.500. The molecule has 0 aliphatic heterocycles. The first-order valence-electron chi connectivity index (χ1n) is 10.2. The zero-order chi connectivity index (χ0) is 19.8. The molecule has 0 unspecified atom stereocenters. The van der Waals surface area contributed by atoms with Crippen LogP contribution in [0.1, 0.15) is 46.2 Å². The lowest BCUT2D eigenvalue weighted by molar-refractivity contribution is 0.642. The smallest absolute Gasteiger partial charge is 0.0399 e. The molecule has 3 N–H and O–H groups in total. The van der Waals surface area contributed by atoms with Gasteiger partial charge in [0.25, 0.3) is 0 Å². The van der Waals surface area contributed by atoms with Gasteiger partial charge in [-0.2, -0.15) is 0 Å². The number of anilines is 2. The van der Waals surface area contributed by atoms with Gasteiger partial charge in [0.1, 0.15) is 0 Å². The summed E-state index contributed by atoms with van der Waals surface area (Å²) >= 11 is 0. The second kappa shape index (κ2) is 10.4. The van der Waals surface area contributed by atoms with E-state index in [4.69, 9.17) is 0 Å². The van der Waals surface area contributed by atoms with Crippen LogP contribution in [0.2, 0.25) is 0 Å². The van der Waals surface area contributed by atoms with Crippen LogP contribution in [0, 0.1) is 41.5 Å². The highest BCUT2D eigenvalue weighted by atomic mass is 14.9. The van der Waals surface area contributed by atoms with Crippen LogP contribution in [-0.4, -0.2) is 26.2 Å². The van der Waals surface area contributed by atoms with E-state index in [0.717, 1.165) is 39.0 Å². The summed E-state index contributed by atoms with van der Waals surface area (Å²) in [5.41, 5.74) is 10.6. The summed E-state index contributed by atoms with van der Waals surface area (Å²) in [5.74, 6) is 0. The Kier molecular flexibility index (Phi) is 8.18. The zero-order valence-corrected chi connectivity index (χ0v) is 18.1. The molecule has 3 nitrogen and oxygen atoms in total. The van der Waals surface area contributed by atoms with Gasteiger partial charge in [0, 0.05) is 24.5 Å². The van der Waals surface area contributed by atoms with Gasteiger partial charge in [0.05, 0.1) is 0 Å². The second-order valence-corrected chi connectivity index (χ2v) is 7.86. The molecule has 0 aliphatic rings. The van der Waals surface area contributed by atoms with Crippen molar-refractivity contribution >= 4 is 11.4 Å². The van der Waals surface area contributed by atoms with Crippen molar-refractivity contribution < 1.29 is 0 Å². The largest absolute Gasteiger partial charge is 0.385 e. The second-order valence-electron chi connectivity index (χ2n) is 7.86. The molecule has 2 aromatic carbocycles. The van der Waals surface area contributed by atoms with Crippen LogP contribution in [0.5, 0.6) is 0 Å². The average Bonchev–Trinajstić information content (AvgIpc) is 2.56. The number of benzene rings is 2. The Bertz CT molecular complexity index is 640. The van der Waals surface area contributed by atoms with Gasteiger partial charge < -0.3 is 16.0 Å². The van der Waals surface area contributed by atoms with E-state index in [0.29, 0.717) is 0 Å². The van der Waals surface area contributed by atoms with E-state index in [2.05, 4.69) is 81.8 Å². The molecule has 0 heterocycles. The van der Waals surface area contributed by atoms with Gasteiger partial charge in [0.15, 0.2) is 0 Å². The molecule has 0 amide bonds. The van der Waals surface area contributed by atoms with Crippen molar-refractivity contribution in [3.63, 3.8) is 0 Å². The minimum absolute atomic E-state index is 1.01. The zero-order valence-electron chi connectivity index (χ0n) is 18.1. The third-order valence-electron chi connectivity index (χ3n) is 5.02. The molecule has 0 radical (unpaired) electrons.